The van der Waals surface area contributed by atoms with Crippen molar-refractivity contribution in [2.24, 2.45) is 0 Å². The van der Waals surface area contributed by atoms with E-state index in [1.807, 2.05) is 6.92 Å². The lowest BCUT2D eigenvalue weighted by atomic mass is 10.3. The van der Waals surface area contributed by atoms with E-state index in [1.54, 1.807) is 11.9 Å². The summed E-state index contributed by atoms with van der Waals surface area (Å²) in [4.78, 5) is 5.36. The number of rotatable bonds is 3. The highest BCUT2D eigenvalue weighted by Gasteiger charge is 2.14. The zero-order valence-electron chi connectivity index (χ0n) is 7.97. The molecule has 78 valence electrons. The van der Waals surface area contributed by atoms with Crippen molar-refractivity contribution in [3.63, 3.8) is 0 Å². The topological polar surface area (TPSA) is 16.1 Å². The second kappa shape index (κ2) is 4.68. The van der Waals surface area contributed by atoms with Crippen LogP contribution in [0.2, 0.25) is 0 Å². The smallest absolute Gasteiger partial charge is 0.168 e. The molecule has 1 aromatic rings. The lowest BCUT2D eigenvalue weighted by molar-refractivity contribution is 0.565. The summed E-state index contributed by atoms with van der Waals surface area (Å²) < 4.78 is 25.8. The Hall–Kier alpha value is -0.710. The number of hydrogen-bond donors (Lipinski definition) is 0. The van der Waals surface area contributed by atoms with Gasteiger partial charge in [-0.1, -0.05) is 15.9 Å². The van der Waals surface area contributed by atoms with Gasteiger partial charge in [0, 0.05) is 24.5 Å². The molecule has 0 fully saturated rings. The Morgan fingerprint density at radius 1 is 1.57 bits per heavy atom. The van der Waals surface area contributed by atoms with Crippen molar-refractivity contribution in [1.82, 2.24) is 4.98 Å². The van der Waals surface area contributed by atoms with Gasteiger partial charge in [-0.2, -0.15) is 0 Å². The Labute approximate surface area is 90.1 Å². The molecule has 0 aliphatic heterocycles. The zero-order chi connectivity index (χ0) is 10.7. The number of alkyl halides is 1. The van der Waals surface area contributed by atoms with Gasteiger partial charge >= 0.3 is 0 Å². The number of nitrogens with zero attached hydrogens (tertiary/aromatic N) is 2. The summed E-state index contributed by atoms with van der Waals surface area (Å²) in [7, 11) is 1.72. The van der Waals surface area contributed by atoms with Crippen LogP contribution in [0.4, 0.5) is 14.6 Å². The first-order chi connectivity index (χ1) is 6.56. The van der Waals surface area contributed by atoms with Crippen LogP contribution in [0.15, 0.2) is 12.3 Å². The van der Waals surface area contributed by atoms with Gasteiger partial charge in [-0.3, -0.25) is 0 Å². The largest absolute Gasteiger partial charge is 0.354 e. The van der Waals surface area contributed by atoms with Crippen LogP contribution < -0.4 is 4.90 Å². The fraction of sp³-hybridized carbons (Fsp3) is 0.444. The predicted octanol–water partition coefficient (Wildman–Crippen LogP) is 2.58. The maximum Gasteiger partial charge on any atom is 0.168 e. The van der Waals surface area contributed by atoms with Crippen LogP contribution in [-0.2, 0) is 0 Å². The number of halogens is 3. The first-order valence-corrected chi connectivity index (χ1v) is 5.28. The van der Waals surface area contributed by atoms with Gasteiger partial charge in [0.05, 0.1) is 6.20 Å². The maximum atomic E-state index is 13.2. The third kappa shape index (κ3) is 2.41. The Morgan fingerprint density at radius 3 is 2.71 bits per heavy atom. The molecule has 0 amide bonds. The van der Waals surface area contributed by atoms with E-state index in [0.717, 1.165) is 12.3 Å². The summed E-state index contributed by atoms with van der Waals surface area (Å²) in [5.41, 5.74) is 0. The number of aromatic nitrogens is 1. The van der Waals surface area contributed by atoms with E-state index < -0.39 is 11.6 Å². The number of anilines is 1. The van der Waals surface area contributed by atoms with Crippen molar-refractivity contribution < 1.29 is 8.78 Å². The SMILES string of the molecule is CC(CBr)N(C)c1ncc(F)cc1F. The minimum Gasteiger partial charge on any atom is -0.354 e. The molecule has 0 spiro atoms. The first-order valence-electron chi connectivity index (χ1n) is 4.16. The molecule has 0 N–H and O–H groups in total. The predicted molar refractivity (Wildman–Crippen MR) is 55.8 cm³/mol. The minimum absolute atomic E-state index is 0.0995. The molecule has 1 rings (SSSR count). The molecule has 1 heterocycles. The van der Waals surface area contributed by atoms with Crippen LogP contribution in [-0.4, -0.2) is 23.4 Å². The van der Waals surface area contributed by atoms with Gasteiger partial charge in [-0.25, -0.2) is 13.8 Å². The summed E-state index contributed by atoms with van der Waals surface area (Å²) in [5, 5.41) is 0.696. The molecule has 2 nitrogen and oxygen atoms in total. The van der Waals surface area contributed by atoms with E-state index >= 15 is 0 Å². The number of hydrogen-bond acceptors (Lipinski definition) is 2. The lowest BCUT2D eigenvalue weighted by Crippen LogP contribution is -2.31. The summed E-state index contributed by atoms with van der Waals surface area (Å²) in [5.74, 6) is -1.13. The molecule has 1 atom stereocenters. The van der Waals surface area contributed by atoms with Crippen LogP contribution in [0.25, 0.3) is 0 Å². The van der Waals surface area contributed by atoms with Crippen molar-refractivity contribution in [3.05, 3.63) is 23.9 Å². The average molecular weight is 265 g/mol. The van der Waals surface area contributed by atoms with Crippen molar-refractivity contribution in [3.8, 4) is 0 Å². The molecule has 5 heteroatoms. The molecule has 0 aliphatic rings. The molecule has 0 aromatic carbocycles. The molecule has 14 heavy (non-hydrogen) atoms. The van der Waals surface area contributed by atoms with Crippen LogP contribution in [0.5, 0.6) is 0 Å². The normalized spacial score (nSPS) is 12.6. The standard InChI is InChI=1S/C9H11BrF2N2/c1-6(4-10)14(2)9-8(12)3-7(11)5-13-9/h3,5-6H,4H2,1-2H3. The molecule has 0 aliphatic carbocycles. The highest BCUT2D eigenvalue weighted by atomic mass is 79.9. The highest BCUT2D eigenvalue weighted by Crippen LogP contribution is 2.17. The lowest BCUT2D eigenvalue weighted by Gasteiger charge is -2.24. The van der Waals surface area contributed by atoms with E-state index in [-0.39, 0.29) is 11.9 Å². The van der Waals surface area contributed by atoms with E-state index in [2.05, 4.69) is 20.9 Å². The van der Waals surface area contributed by atoms with Crippen molar-refractivity contribution in [2.45, 2.75) is 13.0 Å². The minimum atomic E-state index is -0.661. The monoisotopic (exact) mass is 264 g/mol. The van der Waals surface area contributed by atoms with Crippen LogP contribution in [0, 0.1) is 11.6 Å². The second-order valence-electron chi connectivity index (χ2n) is 3.07. The molecular formula is C9H11BrF2N2. The van der Waals surface area contributed by atoms with E-state index in [4.69, 9.17) is 0 Å². The van der Waals surface area contributed by atoms with Crippen LogP contribution >= 0.6 is 15.9 Å². The molecule has 1 unspecified atom stereocenters. The summed E-state index contributed by atoms with van der Waals surface area (Å²) in [6.45, 7) is 1.92. The van der Waals surface area contributed by atoms with Gasteiger partial charge in [0.1, 0.15) is 5.82 Å². The Kier molecular flexibility index (Phi) is 3.80. The van der Waals surface area contributed by atoms with E-state index in [1.165, 1.54) is 0 Å². The summed E-state index contributed by atoms with van der Waals surface area (Å²) in [6, 6.07) is 0.933. The second-order valence-corrected chi connectivity index (χ2v) is 3.72. The molecule has 0 bridgehead atoms. The Bertz CT molecular complexity index is 320. The van der Waals surface area contributed by atoms with Crippen molar-refractivity contribution in [2.75, 3.05) is 17.3 Å². The third-order valence-corrected chi connectivity index (χ3v) is 2.94. The van der Waals surface area contributed by atoms with Crippen molar-refractivity contribution >= 4 is 21.7 Å². The van der Waals surface area contributed by atoms with E-state index in [9.17, 15) is 8.78 Å². The third-order valence-electron chi connectivity index (χ3n) is 2.01. The van der Waals surface area contributed by atoms with Gasteiger partial charge < -0.3 is 4.90 Å². The van der Waals surface area contributed by atoms with Crippen LogP contribution in [0.1, 0.15) is 6.92 Å². The Balaban J connectivity index is 2.95. The van der Waals surface area contributed by atoms with Crippen molar-refractivity contribution in [1.29, 1.82) is 0 Å². The van der Waals surface area contributed by atoms with E-state index in [0.29, 0.717) is 5.33 Å². The zero-order valence-corrected chi connectivity index (χ0v) is 9.55. The van der Waals surface area contributed by atoms with Crippen LogP contribution in [0.3, 0.4) is 0 Å². The van der Waals surface area contributed by atoms with Gasteiger partial charge in [0.25, 0.3) is 0 Å². The van der Waals surface area contributed by atoms with Gasteiger partial charge in [0.15, 0.2) is 11.6 Å². The highest BCUT2D eigenvalue weighted by molar-refractivity contribution is 9.09. The number of pyridine rings is 1. The molecule has 1 aromatic heterocycles. The van der Waals surface area contributed by atoms with Gasteiger partial charge in [-0.05, 0) is 6.92 Å². The first kappa shape index (κ1) is 11.4. The fourth-order valence-electron chi connectivity index (χ4n) is 0.979. The molecule has 0 saturated heterocycles. The van der Waals surface area contributed by atoms with Gasteiger partial charge in [-0.15, -0.1) is 0 Å². The molecular weight excluding hydrogens is 254 g/mol. The fourth-order valence-corrected chi connectivity index (χ4v) is 1.41. The maximum absolute atomic E-state index is 13.2. The Morgan fingerprint density at radius 2 is 2.21 bits per heavy atom. The quantitative estimate of drug-likeness (QED) is 0.781. The van der Waals surface area contributed by atoms with Gasteiger partial charge in [0.2, 0.25) is 0 Å². The molecule has 0 saturated carbocycles. The average Bonchev–Trinajstić information content (AvgIpc) is 2.15. The summed E-state index contributed by atoms with van der Waals surface area (Å²) >= 11 is 3.29. The summed E-state index contributed by atoms with van der Waals surface area (Å²) in [6.07, 6.45) is 1.01. The molecule has 0 radical (unpaired) electrons.